The average Bonchev–Trinajstić information content (AvgIpc) is 3.04. The molecule has 0 atom stereocenters. The summed E-state index contributed by atoms with van der Waals surface area (Å²) in [5, 5.41) is 10.7. The number of aryl methyl sites for hydroxylation is 2. The fourth-order valence-corrected chi connectivity index (χ4v) is 4.49. The van der Waals surface area contributed by atoms with Crippen molar-refractivity contribution in [3.05, 3.63) is 28.7 Å². The van der Waals surface area contributed by atoms with Gasteiger partial charge in [-0.3, -0.25) is 0 Å². The van der Waals surface area contributed by atoms with E-state index in [0.29, 0.717) is 23.1 Å². The maximum absolute atomic E-state index is 12.3. The highest BCUT2D eigenvalue weighted by Crippen LogP contribution is 2.25. The van der Waals surface area contributed by atoms with Crippen molar-refractivity contribution in [1.29, 1.82) is 0 Å². The molecule has 0 aliphatic rings. The molecule has 21 heavy (non-hydrogen) atoms. The van der Waals surface area contributed by atoms with Crippen molar-refractivity contribution < 1.29 is 8.42 Å². The van der Waals surface area contributed by atoms with E-state index in [9.17, 15) is 8.42 Å². The first-order chi connectivity index (χ1) is 9.97. The van der Waals surface area contributed by atoms with Crippen LogP contribution < -0.4 is 10.0 Å². The number of rotatable bonds is 7. The van der Waals surface area contributed by atoms with Crippen LogP contribution in [-0.2, 0) is 29.7 Å². The van der Waals surface area contributed by atoms with Gasteiger partial charge in [-0.15, -0.1) is 21.5 Å². The van der Waals surface area contributed by atoms with Gasteiger partial charge in [-0.2, -0.15) is 0 Å². The molecule has 0 aliphatic heterocycles. The summed E-state index contributed by atoms with van der Waals surface area (Å²) < 4.78 is 29.3. The first-order valence-corrected chi connectivity index (χ1v) is 8.88. The number of nitrogens with one attached hydrogen (secondary N) is 2. The van der Waals surface area contributed by atoms with Crippen LogP contribution in [-0.4, -0.2) is 30.2 Å². The normalized spacial score (nSPS) is 12.0. The monoisotopic (exact) mass is 329 g/mol. The molecule has 2 heterocycles. The van der Waals surface area contributed by atoms with Crippen molar-refractivity contribution in [3.8, 4) is 0 Å². The third-order valence-corrected chi connectivity index (χ3v) is 6.17. The van der Waals surface area contributed by atoms with E-state index in [1.54, 1.807) is 17.0 Å². The largest absolute Gasteiger partial charge is 0.317 e. The summed E-state index contributed by atoms with van der Waals surface area (Å²) in [5.41, 5.74) is 0.978. The van der Waals surface area contributed by atoms with Crippen LogP contribution in [0, 0.1) is 6.92 Å². The lowest BCUT2D eigenvalue weighted by Crippen LogP contribution is -2.24. The summed E-state index contributed by atoms with van der Waals surface area (Å²) in [6.45, 7) is 5.36. The molecule has 2 rings (SSSR count). The molecule has 116 valence electrons. The molecule has 2 aromatic rings. The zero-order chi connectivity index (χ0) is 15.5. The van der Waals surface area contributed by atoms with Crippen LogP contribution in [0.25, 0.3) is 0 Å². The highest BCUT2D eigenvalue weighted by molar-refractivity contribution is 7.91. The highest BCUT2D eigenvalue weighted by atomic mass is 32.2. The summed E-state index contributed by atoms with van der Waals surface area (Å²) in [6, 6.07) is 1.70. The lowest BCUT2D eigenvalue weighted by atomic mass is 10.3. The van der Waals surface area contributed by atoms with Gasteiger partial charge in [-0.25, -0.2) is 13.1 Å². The minimum atomic E-state index is -3.52. The molecule has 2 aromatic heterocycles. The maximum atomic E-state index is 12.3. The topological polar surface area (TPSA) is 88.9 Å². The summed E-state index contributed by atoms with van der Waals surface area (Å²) in [6.07, 6.45) is 1.59. The van der Waals surface area contributed by atoms with Crippen LogP contribution in [0.4, 0.5) is 0 Å². The van der Waals surface area contributed by atoms with Crippen molar-refractivity contribution in [2.24, 2.45) is 0 Å². The van der Waals surface area contributed by atoms with E-state index >= 15 is 0 Å². The van der Waals surface area contributed by atoms with E-state index in [1.807, 2.05) is 20.9 Å². The molecule has 0 saturated heterocycles. The summed E-state index contributed by atoms with van der Waals surface area (Å²) in [4.78, 5) is 1.02. The zero-order valence-electron chi connectivity index (χ0n) is 12.3. The smallest absolute Gasteiger partial charge is 0.250 e. The Kier molecular flexibility index (Phi) is 5.09. The van der Waals surface area contributed by atoms with E-state index in [-0.39, 0.29) is 6.54 Å². The summed E-state index contributed by atoms with van der Waals surface area (Å²) in [7, 11) is -1.69. The van der Waals surface area contributed by atoms with E-state index in [1.165, 1.54) is 11.3 Å². The SMILES string of the molecule is CCn1cnnc1CNS(=O)(=O)c1cc(C)c(CNC)s1. The minimum Gasteiger partial charge on any atom is -0.317 e. The number of hydrogen-bond donors (Lipinski definition) is 2. The Balaban J connectivity index is 2.13. The van der Waals surface area contributed by atoms with E-state index in [0.717, 1.165) is 10.4 Å². The predicted molar refractivity (Wildman–Crippen MR) is 81.5 cm³/mol. The molecule has 0 amide bonds. The highest BCUT2D eigenvalue weighted by Gasteiger charge is 2.19. The molecule has 0 aliphatic carbocycles. The van der Waals surface area contributed by atoms with Crippen LogP contribution >= 0.6 is 11.3 Å². The second kappa shape index (κ2) is 6.65. The summed E-state index contributed by atoms with van der Waals surface area (Å²) in [5.74, 6) is 0.602. The Morgan fingerprint density at radius 2 is 2.14 bits per heavy atom. The van der Waals surface area contributed by atoms with E-state index in [2.05, 4.69) is 20.2 Å². The molecule has 0 bridgehead atoms. The van der Waals surface area contributed by atoms with Gasteiger partial charge in [0.05, 0.1) is 6.54 Å². The maximum Gasteiger partial charge on any atom is 0.250 e. The van der Waals surface area contributed by atoms with Gasteiger partial charge in [0.2, 0.25) is 10.0 Å². The predicted octanol–water partition coefficient (Wildman–Crippen LogP) is 0.866. The van der Waals surface area contributed by atoms with Crippen LogP contribution in [0.3, 0.4) is 0 Å². The number of sulfonamides is 1. The molecule has 0 aromatic carbocycles. The quantitative estimate of drug-likeness (QED) is 0.787. The van der Waals surface area contributed by atoms with Gasteiger partial charge in [0.1, 0.15) is 16.4 Å². The summed E-state index contributed by atoms with van der Waals surface area (Å²) >= 11 is 1.28. The van der Waals surface area contributed by atoms with Crippen LogP contribution in [0.5, 0.6) is 0 Å². The van der Waals surface area contributed by atoms with Gasteiger partial charge < -0.3 is 9.88 Å². The van der Waals surface area contributed by atoms with Crippen molar-refractivity contribution in [2.75, 3.05) is 7.05 Å². The van der Waals surface area contributed by atoms with Crippen LogP contribution in [0.2, 0.25) is 0 Å². The molecule has 7 nitrogen and oxygen atoms in total. The van der Waals surface area contributed by atoms with Crippen molar-refractivity contribution in [2.45, 2.75) is 37.7 Å². The van der Waals surface area contributed by atoms with Gasteiger partial charge in [0, 0.05) is 18.0 Å². The van der Waals surface area contributed by atoms with Gasteiger partial charge >= 0.3 is 0 Å². The molecular formula is C12H19N5O2S2. The second-order valence-electron chi connectivity index (χ2n) is 4.56. The van der Waals surface area contributed by atoms with Gasteiger partial charge in [-0.1, -0.05) is 0 Å². The molecule has 0 spiro atoms. The van der Waals surface area contributed by atoms with Crippen molar-refractivity contribution >= 4 is 21.4 Å². The first-order valence-electron chi connectivity index (χ1n) is 6.58. The first kappa shape index (κ1) is 16.1. The van der Waals surface area contributed by atoms with E-state index < -0.39 is 10.0 Å². The Morgan fingerprint density at radius 1 is 1.38 bits per heavy atom. The molecule has 9 heteroatoms. The van der Waals surface area contributed by atoms with Gasteiger partial charge in [0.25, 0.3) is 0 Å². The van der Waals surface area contributed by atoms with Crippen LogP contribution in [0.1, 0.15) is 23.2 Å². The van der Waals surface area contributed by atoms with Crippen molar-refractivity contribution in [3.63, 3.8) is 0 Å². The zero-order valence-corrected chi connectivity index (χ0v) is 13.9. The molecule has 0 fully saturated rings. The number of nitrogens with zero attached hydrogens (tertiary/aromatic N) is 3. The third kappa shape index (κ3) is 3.67. The van der Waals surface area contributed by atoms with Crippen molar-refractivity contribution in [1.82, 2.24) is 24.8 Å². The fourth-order valence-electron chi connectivity index (χ4n) is 1.87. The molecular weight excluding hydrogens is 310 g/mol. The molecule has 0 saturated carbocycles. The number of aromatic nitrogens is 3. The van der Waals surface area contributed by atoms with Gasteiger partial charge in [-0.05, 0) is 32.5 Å². The van der Waals surface area contributed by atoms with Gasteiger partial charge in [0.15, 0.2) is 0 Å². The Morgan fingerprint density at radius 3 is 2.81 bits per heavy atom. The number of thiophene rings is 1. The third-order valence-electron chi connectivity index (χ3n) is 3.06. The minimum absolute atomic E-state index is 0.133. The lowest BCUT2D eigenvalue weighted by Gasteiger charge is -2.05. The second-order valence-corrected chi connectivity index (χ2v) is 7.69. The average molecular weight is 329 g/mol. The number of hydrogen-bond acceptors (Lipinski definition) is 6. The Bertz CT molecular complexity index is 705. The molecule has 0 radical (unpaired) electrons. The fraction of sp³-hybridized carbons (Fsp3) is 0.500. The lowest BCUT2D eigenvalue weighted by molar-refractivity contribution is 0.577. The molecule has 0 unspecified atom stereocenters. The Hall–Kier alpha value is -1.29. The molecule has 2 N–H and O–H groups in total. The van der Waals surface area contributed by atoms with Crippen LogP contribution in [0.15, 0.2) is 16.6 Å². The standard InChI is InChI=1S/C12H19N5O2S2/c1-4-17-8-14-16-11(17)7-15-21(18,19)12-5-9(2)10(20-12)6-13-3/h5,8,13,15H,4,6-7H2,1-3H3. The van der Waals surface area contributed by atoms with E-state index in [4.69, 9.17) is 0 Å². The Labute approximate surface area is 128 Å².